The smallest absolute Gasteiger partial charge is 0.0181 e. The Morgan fingerprint density at radius 3 is 1.19 bits per heavy atom. The molecule has 0 aliphatic heterocycles. The van der Waals surface area contributed by atoms with E-state index >= 15 is 0 Å². The van der Waals surface area contributed by atoms with E-state index in [0.717, 1.165) is 0 Å². The van der Waals surface area contributed by atoms with E-state index in [9.17, 15) is 0 Å². The van der Waals surface area contributed by atoms with Crippen LogP contribution in [0.25, 0.3) is 21.9 Å². The van der Waals surface area contributed by atoms with Crippen molar-refractivity contribution in [2.75, 3.05) is 0 Å². The molecule has 0 aromatic heterocycles. The molecule has 0 aliphatic carbocycles. The second kappa shape index (κ2) is 14.4. The molecule has 0 spiro atoms. The molecule has 0 nitrogen and oxygen atoms in total. The van der Waals surface area contributed by atoms with Crippen LogP contribution in [0.2, 0.25) is 0 Å². The van der Waals surface area contributed by atoms with Gasteiger partial charge in [-0.15, -0.1) is 0 Å². The molecular formula is C32H34. The first kappa shape index (κ1) is 24.6. The molecule has 5 aromatic rings. The molecule has 0 fully saturated rings. The fourth-order valence-electron chi connectivity index (χ4n) is 3.10. The van der Waals surface area contributed by atoms with E-state index in [0.29, 0.717) is 0 Å². The van der Waals surface area contributed by atoms with Gasteiger partial charge in [0, 0.05) is 0 Å². The average molecular weight is 419 g/mol. The van der Waals surface area contributed by atoms with Gasteiger partial charge in [-0.1, -0.05) is 158 Å². The molecule has 0 saturated carbocycles. The first-order chi connectivity index (χ1) is 15.7. The summed E-state index contributed by atoms with van der Waals surface area (Å²) < 4.78 is 0. The number of hydrogen-bond acceptors (Lipinski definition) is 0. The topological polar surface area (TPSA) is 0 Å². The normalized spacial score (nSPS) is 9.25. The van der Waals surface area contributed by atoms with Crippen molar-refractivity contribution in [1.29, 1.82) is 0 Å². The van der Waals surface area contributed by atoms with Crippen LogP contribution in [0.5, 0.6) is 0 Å². The van der Waals surface area contributed by atoms with Crippen LogP contribution >= 0.6 is 0 Å². The lowest BCUT2D eigenvalue weighted by molar-refractivity contribution is 1.48. The summed E-state index contributed by atoms with van der Waals surface area (Å²) in [6.45, 7) is 8.20. The molecule has 0 atom stereocenters. The molecule has 0 heterocycles. The van der Waals surface area contributed by atoms with Crippen LogP contribution in [0.15, 0.2) is 133 Å². The predicted molar refractivity (Wildman–Crippen MR) is 143 cm³/mol. The van der Waals surface area contributed by atoms with Crippen LogP contribution in [-0.4, -0.2) is 0 Å². The summed E-state index contributed by atoms with van der Waals surface area (Å²) in [4.78, 5) is 0. The zero-order valence-corrected chi connectivity index (χ0v) is 19.7. The summed E-state index contributed by atoms with van der Waals surface area (Å²) in [6.07, 6.45) is 0. The van der Waals surface area contributed by atoms with E-state index in [2.05, 4.69) is 117 Å². The molecule has 0 bridgehead atoms. The number of fused-ring (bicyclic) bond motifs is 1. The highest BCUT2D eigenvalue weighted by atomic mass is 14.0. The van der Waals surface area contributed by atoms with Crippen molar-refractivity contribution in [2.24, 2.45) is 0 Å². The Hall–Kier alpha value is -3.64. The van der Waals surface area contributed by atoms with Crippen LogP contribution < -0.4 is 0 Å². The maximum Gasteiger partial charge on any atom is -0.0181 e. The van der Waals surface area contributed by atoms with Gasteiger partial charge in [0.15, 0.2) is 0 Å². The minimum Gasteiger partial charge on any atom is -0.0683 e. The van der Waals surface area contributed by atoms with Gasteiger partial charge in [0.2, 0.25) is 0 Å². The van der Waals surface area contributed by atoms with Gasteiger partial charge in [0.1, 0.15) is 0 Å². The van der Waals surface area contributed by atoms with E-state index < -0.39 is 0 Å². The zero-order valence-electron chi connectivity index (χ0n) is 19.7. The fraction of sp³-hybridized carbons (Fsp3) is 0.125. The van der Waals surface area contributed by atoms with Crippen molar-refractivity contribution in [3.8, 4) is 11.1 Å². The van der Waals surface area contributed by atoms with Gasteiger partial charge in [-0.3, -0.25) is 0 Å². The third kappa shape index (κ3) is 8.62. The summed E-state index contributed by atoms with van der Waals surface area (Å²) in [6, 6.07) is 46.0. The van der Waals surface area contributed by atoms with Crippen molar-refractivity contribution in [2.45, 2.75) is 27.7 Å². The van der Waals surface area contributed by atoms with Gasteiger partial charge in [-0.25, -0.2) is 0 Å². The molecule has 162 valence electrons. The van der Waals surface area contributed by atoms with Crippen molar-refractivity contribution < 1.29 is 0 Å². The molecule has 0 radical (unpaired) electrons. The van der Waals surface area contributed by atoms with Crippen LogP contribution in [0.4, 0.5) is 0 Å². The van der Waals surface area contributed by atoms with Crippen molar-refractivity contribution in [3.05, 3.63) is 145 Å². The predicted octanol–water partition coefficient (Wildman–Crippen LogP) is 9.52. The molecule has 0 N–H and O–H groups in total. The molecule has 0 saturated heterocycles. The number of rotatable bonds is 1. The summed E-state index contributed by atoms with van der Waals surface area (Å²) in [5, 5.41) is 2.64. The Kier molecular flexibility index (Phi) is 11.1. The summed E-state index contributed by atoms with van der Waals surface area (Å²) in [5.74, 6) is 0. The zero-order chi connectivity index (χ0) is 23.0. The lowest BCUT2D eigenvalue weighted by atomic mass is 10.1. The molecule has 0 unspecified atom stereocenters. The van der Waals surface area contributed by atoms with Gasteiger partial charge in [-0.05, 0) is 35.7 Å². The molecule has 32 heavy (non-hydrogen) atoms. The lowest BCUT2D eigenvalue weighted by Crippen LogP contribution is -1.73. The van der Waals surface area contributed by atoms with Gasteiger partial charge >= 0.3 is 0 Å². The molecule has 5 rings (SSSR count). The van der Waals surface area contributed by atoms with Crippen LogP contribution in [0.3, 0.4) is 0 Å². The van der Waals surface area contributed by atoms with Crippen LogP contribution in [-0.2, 0) is 0 Å². The highest BCUT2D eigenvalue weighted by Crippen LogP contribution is 2.17. The fourth-order valence-corrected chi connectivity index (χ4v) is 3.10. The van der Waals surface area contributed by atoms with Gasteiger partial charge in [0.25, 0.3) is 0 Å². The highest BCUT2D eigenvalue weighted by Gasteiger charge is 1.92. The van der Waals surface area contributed by atoms with E-state index in [1.165, 1.54) is 33.0 Å². The van der Waals surface area contributed by atoms with Gasteiger partial charge in [0.05, 0.1) is 0 Å². The Labute approximate surface area is 194 Å². The maximum absolute atomic E-state index is 2.20. The van der Waals surface area contributed by atoms with E-state index in [1.807, 2.05) is 44.2 Å². The second-order valence-electron chi connectivity index (χ2n) is 7.24. The third-order valence-corrected chi connectivity index (χ3v) is 4.73. The molecular weight excluding hydrogens is 384 g/mol. The van der Waals surface area contributed by atoms with Crippen molar-refractivity contribution in [3.63, 3.8) is 0 Å². The second-order valence-corrected chi connectivity index (χ2v) is 7.24. The molecule has 5 aromatic carbocycles. The van der Waals surface area contributed by atoms with Crippen molar-refractivity contribution >= 4 is 10.8 Å². The standard InChI is InChI=1S/C12H10.C11H10.C7H8.C2H6/c1-3-7-11(8-4-1)12-9-5-2-6-10-12;1-9-6-7-10-4-2-3-5-11(10)8-9;1-7-5-3-2-4-6-7;1-2/h1-10H;2-8H,1H3;2-6H,1H3;1-2H3. The monoisotopic (exact) mass is 418 g/mol. The first-order valence-electron chi connectivity index (χ1n) is 11.3. The quantitative estimate of drug-likeness (QED) is 0.254. The SMILES string of the molecule is CC.Cc1ccc2ccccc2c1.Cc1ccccc1.c1ccc(-c2ccccc2)cc1. The Bertz CT molecular complexity index is 1090. The highest BCUT2D eigenvalue weighted by molar-refractivity contribution is 5.82. The van der Waals surface area contributed by atoms with Crippen LogP contribution in [0, 0.1) is 13.8 Å². The summed E-state index contributed by atoms with van der Waals surface area (Å²) in [5.41, 5.74) is 5.20. The van der Waals surface area contributed by atoms with E-state index in [1.54, 1.807) is 0 Å². The van der Waals surface area contributed by atoms with Gasteiger partial charge < -0.3 is 0 Å². The molecule has 0 heteroatoms. The largest absolute Gasteiger partial charge is 0.0683 e. The summed E-state index contributed by atoms with van der Waals surface area (Å²) >= 11 is 0. The van der Waals surface area contributed by atoms with E-state index in [-0.39, 0.29) is 0 Å². The molecule has 0 aliphatic rings. The lowest BCUT2D eigenvalue weighted by Gasteiger charge is -1.98. The summed E-state index contributed by atoms with van der Waals surface area (Å²) in [7, 11) is 0. The van der Waals surface area contributed by atoms with Crippen molar-refractivity contribution in [1.82, 2.24) is 0 Å². The van der Waals surface area contributed by atoms with E-state index in [4.69, 9.17) is 0 Å². The Morgan fingerprint density at radius 2 is 0.750 bits per heavy atom. The van der Waals surface area contributed by atoms with Gasteiger partial charge in [-0.2, -0.15) is 0 Å². The number of benzene rings is 5. The average Bonchev–Trinajstić information content (AvgIpc) is 2.87. The van der Waals surface area contributed by atoms with Crippen LogP contribution in [0.1, 0.15) is 25.0 Å². The third-order valence-electron chi connectivity index (χ3n) is 4.73. The first-order valence-corrected chi connectivity index (χ1v) is 11.3. The minimum absolute atomic E-state index is 1.28. The maximum atomic E-state index is 2.20. The molecule has 0 amide bonds. The Morgan fingerprint density at radius 1 is 0.344 bits per heavy atom. The number of aryl methyl sites for hydroxylation is 2. The Balaban J connectivity index is 0.000000169. The minimum atomic E-state index is 1.28. The number of hydrogen-bond donors (Lipinski definition) is 0.